The van der Waals surface area contributed by atoms with Crippen molar-refractivity contribution in [2.45, 2.75) is 95.2 Å². The van der Waals surface area contributed by atoms with Crippen molar-refractivity contribution in [3.05, 3.63) is 87.9 Å². The third kappa shape index (κ3) is 7.38. The molecule has 360 valence electrons. The summed E-state index contributed by atoms with van der Waals surface area (Å²) in [6, 6.07) is 10.3. The first-order chi connectivity index (χ1) is 33.4. The molecule has 1 unspecified atom stereocenters. The number of likely N-dealkylation sites (tertiary alicyclic amines) is 1. The van der Waals surface area contributed by atoms with E-state index in [1.165, 1.54) is 0 Å². The second kappa shape index (κ2) is 17.0. The van der Waals surface area contributed by atoms with E-state index >= 15 is 8.78 Å². The molecule has 4 saturated heterocycles. The molecule has 1 N–H and O–H groups in total. The molecule has 2 aromatic heterocycles. The molecule has 69 heavy (non-hydrogen) atoms. The molecule has 4 fully saturated rings. The van der Waals surface area contributed by atoms with Crippen LogP contribution in [0.15, 0.2) is 48.8 Å². The van der Waals surface area contributed by atoms with Crippen LogP contribution >= 0.6 is 0 Å². The highest BCUT2D eigenvalue weighted by atomic mass is 19.3. The minimum atomic E-state index is -2.72. The van der Waals surface area contributed by atoms with Crippen molar-refractivity contribution < 1.29 is 37.5 Å². The Morgan fingerprint density at radius 2 is 1.65 bits per heavy atom. The van der Waals surface area contributed by atoms with Crippen molar-refractivity contribution in [2.75, 3.05) is 80.3 Å². The van der Waals surface area contributed by atoms with Gasteiger partial charge in [0.2, 0.25) is 17.7 Å². The predicted molar refractivity (Wildman–Crippen MR) is 250 cm³/mol. The van der Waals surface area contributed by atoms with E-state index < -0.39 is 36.1 Å². The maximum atomic E-state index is 15.6. The van der Waals surface area contributed by atoms with E-state index in [0.717, 1.165) is 121 Å². The summed E-state index contributed by atoms with van der Waals surface area (Å²) in [4.78, 5) is 80.0. The molecule has 4 aromatic rings. The topological polar surface area (TPSA) is 157 Å². The average molecular weight is 943 g/mol. The monoisotopic (exact) mass is 942 g/mol. The summed E-state index contributed by atoms with van der Waals surface area (Å²) in [5.74, 6) is -0.822. The van der Waals surface area contributed by atoms with Gasteiger partial charge in [0, 0.05) is 125 Å². The van der Waals surface area contributed by atoms with Crippen LogP contribution in [-0.2, 0) is 43.9 Å². The molecule has 5 amide bonds. The maximum Gasteiger partial charge on any atom is 0.265 e. The molecule has 8 aliphatic heterocycles. The molecule has 0 bridgehead atoms. The summed E-state index contributed by atoms with van der Waals surface area (Å²) in [7, 11) is 0. The number of aryl methyl sites for hydroxylation is 1. The van der Waals surface area contributed by atoms with Crippen molar-refractivity contribution in [1.29, 1.82) is 0 Å². The fourth-order valence-corrected chi connectivity index (χ4v) is 12.8. The Balaban J connectivity index is 0.742. The first-order valence-electron chi connectivity index (χ1n) is 24.7. The predicted octanol–water partition coefficient (Wildman–Crippen LogP) is 5.58. The third-order valence-corrected chi connectivity index (χ3v) is 16.3. The molecule has 8 aliphatic rings. The Bertz CT molecular complexity index is 2800. The molecule has 1 spiro atoms. The standard InChI is InChI=1S/C51H56F2N10O6/c1-30(64)59-18-11-40-38(26-59)47(56-63(40)33-12-19-69-20-13-33)60-15-2-3-32-21-43(37(46(52)53)23-42(32)60)61-29-51(39-8-14-54-24-44(39)61)27-57(28-51)25-31-9-16-58(17-10-31)34-4-5-35-36(22-34)50(68)62(49(35)67)41-6-7-45(65)55-48(41)66/h4-5,8,14,21-24,31,33,41,46H,2-3,6-7,9-13,15-20,25-29H2,1H3,(H,55,65,66). The van der Waals surface area contributed by atoms with Crippen molar-refractivity contribution in [3.8, 4) is 0 Å². The molecule has 18 heteroatoms. The zero-order chi connectivity index (χ0) is 47.3. The minimum Gasteiger partial charge on any atom is -0.381 e. The lowest BCUT2D eigenvalue weighted by atomic mass is 9.75. The van der Waals surface area contributed by atoms with Crippen LogP contribution in [-0.4, -0.2) is 131 Å². The highest BCUT2D eigenvalue weighted by molar-refractivity contribution is 6.23. The van der Waals surface area contributed by atoms with Gasteiger partial charge in [0.1, 0.15) is 6.04 Å². The van der Waals surface area contributed by atoms with E-state index in [4.69, 9.17) is 9.84 Å². The number of halogens is 2. The number of alkyl halides is 2. The van der Waals surface area contributed by atoms with Gasteiger partial charge in [0.05, 0.1) is 41.3 Å². The highest BCUT2D eigenvalue weighted by Crippen LogP contribution is 2.52. The SMILES string of the molecule is CC(=O)N1CCc2c(c(N3CCCc4cc(N5CC6(CN(CC7CCN(c8ccc9c(c8)C(=O)N(C8CCC(=O)NC8=O)C9=O)CC7)C6)c6ccncc65)c(C(F)F)cc43)nn2C2CCOCC2)C1. The Morgan fingerprint density at radius 3 is 2.42 bits per heavy atom. The van der Waals surface area contributed by atoms with E-state index in [-0.39, 0.29) is 46.9 Å². The Kier molecular flexibility index (Phi) is 10.8. The van der Waals surface area contributed by atoms with Gasteiger partial charge in [-0.1, -0.05) is 0 Å². The first kappa shape index (κ1) is 44.0. The van der Waals surface area contributed by atoms with E-state index in [1.807, 2.05) is 29.4 Å². The van der Waals surface area contributed by atoms with Crippen LogP contribution in [0.25, 0.3) is 0 Å². The summed E-state index contributed by atoms with van der Waals surface area (Å²) < 4.78 is 39.0. The number of fused-ring (bicyclic) bond motifs is 5. The van der Waals surface area contributed by atoms with Gasteiger partial charge in [-0.25, -0.2) is 8.78 Å². The molecular weight excluding hydrogens is 887 g/mol. The largest absolute Gasteiger partial charge is 0.381 e. The Morgan fingerprint density at radius 1 is 0.855 bits per heavy atom. The lowest BCUT2D eigenvalue weighted by Crippen LogP contribution is -2.62. The maximum absolute atomic E-state index is 15.6. The van der Waals surface area contributed by atoms with E-state index in [2.05, 4.69) is 40.6 Å². The number of carbonyl (C=O) groups is 5. The van der Waals surface area contributed by atoms with E-state index in [1.54, 1.807) is 25.1 Å². The van der Waals surface area contributed by atoms with Crippen LogP contribution in [0.2, 0.25) is 0 Å². The lowest BCUT2D eigenvalue weighted by molar-refractivity contribution is -0.136. The number of ether oxygens (including phenoxy) is 1. The molecule has 12 rings (SSSR count). The molecule has 10 heterocycles. The number of carbonyl (C=O) groups excluding carboxylic acids is 5. The normalized spacial score (nSPS) is 22.8. The lowest BCUT2D eigenvalue weighted by Gasteiger charge is -2.50. The van der Waals surface area contributed by atoms with Gasteiger partial charge < -0.3 is 29.2 Å². The van der Waals surface area contributed by atoms with Crippen molar-refractivity contribution >= 4 is 58.1 Å². The van der Waals surface area contributed by atoms with E-state index in [9.17, 15) is 24.0 Å². The first-order valence-corrected chi connectivity index (χ1v) is 24.7. The quantitative estimate of drug-likeness (QED) is 0.219. The smallest absolute Gasteiger partial charge is 0.265 e. The average Bonchev–Trinajstić information content (AvgIpc) is 3.98. The number of hydrogen-bond acceptors (Lipinski definition) is 12. The summed E-state index contributed by atoms with van der Waals surface area (Å²) in [5.41, 5.74) is 7.64. The van der Waals surface area contributed by atoms with Gasteiger partial charge in [-0.15, -0.1) is 0 Å². The number of hydrogen-bond donors (Lipinski definition) is 1. The zero-order valence-corrected chi connectivity index (χ0v) is 38.8. The van der Waals surface area contributed by atoms with Gasteiger partial charge in [-0.05, 0) is 98.4 Å². The van der Waals surface area contributed by atoms with Crippen molar-refractivity contribution in [1.82, 2.24) is 34.8 Å². The van der Waals surface area contributed by atoms with Crippen LogP contribution in [0.5, 0.6) is 0 Å². The fourth-order valence-electron chi connectivity index (χ4n) is 12.8. The number of rotatable bonds is 8. The van der Waals surface area contributed by atoms with Crippen LogP contribution < -0.4 is 20.0 Å². The molecule has 0 aliphatic carbocycles. The summed E-state index contributed by atoms with van der Waals surface area (Å²) in [6.07, 6.45) is 6.99. The summed E-state index contributed by atoms with van der Waals surface area (Å²) in [5, 5.41) is 7.52. The number of nitrogens with one attached hydrogen (secondary N) is 1. The van der Waals surface area contributed by atoms with Gasteiger partial charge in [0.25, 0.3) is 18.2 Å². The van der Waals surface area contributed by atoms with E-state index in [0.29, 0.717) is 57.4 Å². The molecule has 1 atom stereocenters. The molecule has 2 aromatic carbocycles. The van der Waals surface area contributed by atoms with Gasteiger partial charge >= 0.3 is 0 Å². The second-order valence-electron chi connectivity index (χ2n) is 20.4. The second-order valence-corrected chi connectivity index (χ2v) is 20.4. The number of pyridine rings is 1. The van der Waals surface area contributed by atoms with Crippen LogP contribution in [0.4, 0.5) is 37.3 Å². The molecule has 16 nitrogen and oxygen atoms in total. The summed E-state index contributed by atoms with van der Waals surface area (Å²) in [6.45, 7) is 9.35. The van der Waals surface area contributed by atoms with Gasteiger partial charge in [-0.2, -0.15) is 5.10 Å². The minimum absolute atomic E-state index is 0.00971. The highest BCUT2D eigenvalue weighted by Gasteiger charge is 2.52. The van der Waals surface area contributed by atoms with Crippen LogP contribution in [0.3, 0.4) is 0 Å². The van der Waals surface area contributed by atoms with Gasteiger partial charge in [-0.3, -0.25) is 43.9 Å². The number of imide groups is 2. The third-order valence-electron chi connectivity index (χ3n) is 16.3. The molecule has 0 radical (unpaired) electrons. The number of piperidine rings is 2. The number of anilines is 5. The van der Waals surface area contributed by atoms with Crippen molar-refractivity contribution in [3.63, 3.8) is 0 Å². The number of amides is 5. The molecular formula is C51H56F2N10O6. The molecule has 0 saturated carbocycles. The van der Waals surface area contributed by atoms with Crippen LogP contribution in [0, 0.1) is 5.92 Å². The Hall–Kier alpha value is -6.27. The number of aromatic nitrogens is 3. The van der Waals surface area contributed by atoms with Crippen molar-refractivity contribution in [2.24, 2.45) is 5.92 Å². The summed E-state index contributed by atoms with van der Waals surface area (Å²) >= 11 is 0. The number of nitrogens with zero attached hydrogens (tertiary/aromatic N) is 9. The fraction of sp³-hybridized carbons (Fsp3) is 0.510. The van der Waals surface area contributed by atoms with Gasteiger partial charge in [0.15, 0.2) is 5.82 Å². The van der Waals surface area contributed by atoms with Crippen LogP contribution in [0.1, 0.15) is 113 Å². The zero-order valence-electron chi connectivity index (χ0n) is 38.8. The Labute approximate surface area is 398 Å². The number of benzene rings is 2.